The van der Waals surface area contributed by atoms with Crippen molar-refractivity contribution in [2.75, 3.05) is 0 Å². The maximum Gasteiger partial charge on any atom is 0.202 e. The van der Waals surface area contributed by atoms with Crippen LogP contribution in [0.3, 0.4) is 0 Å². The van der Waals surface area contributed by atoms with Crippen LogP contribution < -0.4 is 0 Å². The molecule has 0 atom stereocenters. The molecule has 0 amide bonds. The second-order valence-corrected chi connectivity index (χ2v) is 3.67. The normalized spacial score (nSPS) is 16.3. The summed E-state index contributed by atoms with van der Waals surface area (Å²) in [5, 5.41) is 7.02. The molecule has 1 N–H and O–H groups in total. The second kappa shape index (κ2) is 2.59. The van der Waals surface area contributed by atoms with Gasteiger partial charge < -0.3 is 0 Å². The van der Waals surface area contributed by atoms with Crippen molar-refractivity contribution in [1.29, 1.82) is 0 Å². The number of aromatic nitrogens is 5. The van der Waals surface area contributed by atoms with E-state index in [1.807, 2.05) is 0 Å². The zero-order chi connectivity index (χ0) is 8.67. The number of nitrogens with one attached hydrogen (secondary N) is 1. The van der Waals surface area contributed by atoms with Crippen LogP contribution in [0.4, 0.5) is 0 Å². The number of rotatable bonds is 2. The standard InChI is InChI=1S/C7H7N5S/c1-2-4(1)6-9-7(11-10-6)5-3-8-13-12-5/h3-4H,1-2H2,(H,9,10,11). The van der Waals surface area contributed by atoms with Crippen LogP contribution in [-0.2, 0) is 0 Å². The molecule has 0 spiro atoms. The molecule has 1 fully saturated rings. The average Bonchev–Trinajstić information content (AvgIpc) is 2.72. The van der Waals surface area contributed by atoms with Gasteiger partial charge in [-0.1, -0.05) is 0 Å². The molecule has 0 unspecified atom stereocenters. The Labute approximate surface area is 78.6 Å². The van der Waals surface area contributed by atoms with Crippen LogP contribution in [0.1, 0.15) is 24.6 Å². The second-order valence-electron chi connectivity index (χ2n) is 3.11. The smallest absolute Gasteiger partial charge is 0.202 e. The molecular formula is C7H7N5S. The third-order valence-electron chi connectivity index (χ3n) is 2.06. The third kappa shape index (κ3) is 1.23. The molecule has 3 rings (SSSR count). The van der Waals surface area contributed by atoms with Crippen LogP contribution in [0.2, 0.25) is 0 Å². The quantitative estimate of drug-likeness (QED) is 0.778. The minimum atomic E-state index is 0.604. The first-order valence-corrected chi connectivity index (χ1v) is 4.87. The van der Waals surface area contributed by atoms with Gasteiger partial charge in [0.05, 0.1) is 17.9 Å². The Balaban J connectivity index is 1.97. The van der Waals surface area contributed by atoms with E-state index < -0.39 is 0 Å². The minimum absolute atomic E-state index is 0.604. The van der Waals surface area contributed by atoms with Crippen molar-refractivity contribution in [3.05, 3.63) is 12.0 Å². The fourth-order valence-electron chi connectivity index (χ4n) is 1.19. The summed E-state index contributed by atoms with van der Waals surface area (Å²) in [5.74, 6) is 2.26. The SMILES string of the molecule is c1nsnc1-c1n[nH]c(C2CC2)n1. The van der Waals surface area contributed by atoms with Gasteiger partial charge >= 0.3 is 0 Å². The number of aromatic amines is 1. The van der Waals surface area contributed by atoms with Gasteiger partial charge in [-0.2, -0.15) is 13.8 Å². The zero-order valence-electron chi connectivity index (χ0n) is 6.77. The van der Waals surface area contributed by atoms with E-state index in [9.17, 15) is 0 Å². The van der Waals surface area contributed by atoms with E-state index in [1.54, 1.807) is 6.20 Å². The lowest BCUT2D eigenvalue weighted by atomic mass is 10.4. The van der Waals surface area contributed by atoms with E-state index >= 15 is 0 Å². The number of nitrogens with zero attached hydrogens (tertiary/aromatic N) is 4. The van der Waals surface area contributed by atoms with Crippen molar-refractivity contribution in [3.63, 3.8) is 0 Å². The number of hydrogen-bond acceptors (Lipinski definition) is 5. The first kappa shape index (κ1) is 7.14. The molecule has 1 aliphatic rings. The molecule has 2 aromatic rings. The summed E-state index contributed by atoms with van der Waals surface area (Å²) in [5.41, 5.74) is 0.758. The number of H-pyrrole nitrogens is 1. The Kier molecular flexibility index (Phi) is 1.42. The van der Waals surface area contributed by atoms with Gasteiger partial charge in [-0.3, -0.25) is 5.10 Å². The Morgan fingerprint density at radius 3 is 3.08 bits per heavy atom. The van der Waals surface area contributed by atoms with Gasteiger partial charge in [-0.05, 0) is 12.8 Å². The molecule has 1 aliphatic carbocycles. The van der Waals surface area contributed by atoms with Gasteiger partial charge in [0, 0.05) is 5.92 Å². The van der Waals surface area contributed by atoms with Gasteiger partial charge in [-0.25, -0.2) is 4.98 Å². The molecule has 0 saturated heterocycles. The summed E-state index contributed by atoms with van der Waals surface area (Å²) in [4.78, 5) is 4.35. The molecule has 0 aliphatic heterocycles. The maximum absolute atomic E-state index is 4.35. The van der Waals surface area contributed by atoms with Crippen LogP contribution >= 0.6 is 11.7 Å². The Morgan fingerprint density at radius 1 is 1.46 bits per heavy atom. The summed E-state index contributed by atoms with van der Waals surface area (Å²) in [6.45, 7) is 0. The van der Waals surface area contributed by atoms with Crippen LogP contribution in [0.25, 0.3) is 11.5 Å². The van der Waals surface area contributed by atoms with Gasteiger partial charge in [0.1, 0.15) is 11.5 Å². The van der Waals surface area contributed by atoms with E-state index in [0.717, 1.165) is 11.5 Å². The molecule has 0 radical (unpaired) electrons. The molecule has 5 nitrogen and oxygen atoms in total. The monoisotopic (exact) mass is 193 g/mol. The molecule has 2 heterocycles. The summed E-state index contributed by atoms with van der Waals surface area (Å²) in [6, 6.07) is 0. The van der Waals surface area contributed by atoms with E-state index in [1.165, 1.54) is 24.6 Å². The lowest BCUT2D eigenvalue weighted by molar-refractivity contribution is 0.935. The topological polar surface area (TPSA) is 67.3 Å². The molecular weight excluding hydrogens is 186 g/mol. The molecule has 66 valence electrons. The summed E-state index contributed by atoms with van der Waals surface area (Å²) in [6.07, 6.45) is 4.14. The van der Waals surface area contributed by atoms with Gasteiger partial charge in [0.15, 0.2) is 0 Å². The van der Waals surface area contributed by atoms with E-state index in [-0.39, 0.29) is 0 Å². The van der Waals surface area contributed by atoms with Crippen LogP contribution in [0.5, 0.6) is 0 Å². The van der Waals surface area contributed by atoms with Crippen molar-refractivity contribution in [2.45, 2.75) is 18.8 Å². The molecule has 0 bridgehead atoms. The first-order chi connectivity index (χ1) is 6.43. The van der Waals surface area contributed by atoms with E-state index in [2.05, 4.69) is 23.9 Å². The lowest BCUT2D eigenvalue weighted by Gasteiger charge is -1.83. The lowest BCUT2D eigenvalue weighted by Crippen LogP contribution is -1.81. The predicted molar refractivity (Wildman–Crippen MR) is 47.3 cm³/mol. The Hall–Kier alpha value is -1.30. The summed E-state index contributed by atoms with van der Waals surface area (Å²) >= 11 is 1.17. The highest BCUT2D eigenvalue weighted by Crippen LogP contribution is 2.38. The van der Waals surface area contributed by atoms with E-state index in [4.69, 9.17) is 0 Å². The van der Waals surface area contributed by atoms with Crippen LogP contribution in [0, 0.1) is 0 Å². The largest absolute Gasteiger partial charge is 0.262 e. The van der Waals surface area contributed by atoms with Crippen LogP contribution in [-0.4, -0.2) is 23.9 Å². The van der Waals surface area contributed by atoms with E-state index in [0.29, 0.717) is 11.7 Å². The van der Waals surface area contributed by atoms with Crippen LogP contribution in [0.15, 0.2) is 6.20 Å². The van der Waals surface area contributed by atoms with Gasteiger partial charge in [0.2, 0.25) is 5.82 Å². The average molecular weight is 193 g/mol. The van der Waals surface area contributed by atoms with Crippen molar-refractivity contribution in [2.24, 2.45) is 0 Å². The Morgan fingerprint density at radius 2 is 2.38 bits per heavy atom. The van der Waals surface area contributed by atoms with Crippen molar-refractivity contribution in [3.8, 4) is 11.5 Å². The third-order valence-corrected chi connectivity index (χ3v) is 2.54. The fraction of sp³-hybridized carbons (Fsp3) is 0.429. The minimum Gasteiger partial charge on any atom is -0.262 e. The highest BCUT2D eigenvalue weighted by atomic mass is 32.1. The Bertz CT molecular complexity index is 402. The fourth-order valence-corrected chi connectivity index (χ4v) is 1.60. The van der Waals surface area contributed by atoms with Crippen molar-refractivity contribution in [1.82, 2.24) is 23.9 Å². The molecule has 13 heavy (non-hydrogen) atoms. The first-order valence-electron chi connectivity index (χ1n) is 4.14. The van der Waals surface area contributed by atoms with Crippen molar-refractivity contribution < 1.29 is 0 Å². The molecule has 1 saturated carbocycles. The summed E-state index contributed by atoms with van der Waals surface area (Å²) in [7, 11) is 0. The molecule has 0 aromatic carbocycles. The maximum atomic E-state index is 4.35. The number of hydrogen-bond donors (Lipinski definition) is 1. The molecule has 2 aromatic heterocycles. The highest BCUT2D eigenvalue weighted by molar-refractivity contribution is 6.99. The summed E-state index contributed by atoms with van der Waals surface area (Å²) < 4.78 is 7.97. The predicted octanol–water partition coefficient (Wildman–Crippen LogP) is 1.20. The molecule has 6 heteroatoms. The zero-order valence-corrected chi connectivity index (χ0v) is 7.58. The van der Waals surface area contributed by atoms with Gasteiger partial charge in [-0.15, -0.1) is 0 Å². The van der Waals surface area contributed by atoms with Gasteiger partial charge in [0.25, 0.3) is 0 Å². The van der Waals surface area contributed by atoms with Crippen molar-refractivity contribution >= 4 is 11.7 Å². The highest BCUT2D eigenvalue weighted by Gasteiger charge is 2.27.